The Labute approximate surface area is 425 Å². The Morgan fingerprint density at radius 1 is 0.362 bits per heavy atom. The van der Waals surface area contributed by atoms with Gasteiger partial charge in [-0.25, -0.2) is 0 Å². The Bertz CT molecular complexity index is 2340. The first-order chi connectivity index (χ1) is 32.8. The summed E-state index contributed by atoms with van der Waals surface area (Å²) in [6.45, 7) is 41.4. The molecule has 0 unspecified atom stereocenters. The summed E-state index contributed by atoms with van der Waals surface area (Å²) in [7, 11) is 9.61. The third-order valence-corrected chi connectivity index (χ3v) is 21.1. The predicted octanol–water partition coefficient (Wildman–Crippen LogP) is 17.6. The second-order valence-electron chi connectivity index (χ2n) is 21.9. The summed E-state index contributed by atoms with van der Waals surface area (Å²) >= 11 is -3.76. The van der Waals surface area contributed by atoms with Crippen LogP contribution in [0.1, 0.15) is 208 Å². The van der Waals surface area contributed by atoms with Crippen LogP contribution in [0.25, 0.3) is 6.08 Å². The molecule has 0 atom stereocenters. The van der Waals surface area contributed by atoms with Crippen LogP contribution in [0, 0.1) is 0 Å². The fourth-order valence-corrected chi connectivity index (χ4v) is 18.2. The third-order valence-electron chi connectivity index (χ3n) is 14.2. The van der Waals surface area contributed by atoms with Crippen molar-refractivity contribution in [3.63, 3.8) is 0 Å². The molecule has 2 aliphatic rings. The van der Waals surface area contributed by atoms with Gasteiger partial charge < -0.3 is 0 Å². The second-order valence-corrected chi connectivity index (χ2v) is 28.8. The standard InChI is InChI=1S/2C27H38N2.C9H9.ClH.Pd/c2*1-18(2)22-11-9-12-23(19(3)4)26(22)28-15-16-29(17-28)27-24(20(5)6)13-10-14-25(27)21(7)8;1-2-6-9-7-4-3-5-8-9;;/h2*9-14,18-21H,15-16H2,1-8H3;2-8H,1H2;1H;/q;;;;-3/p-1. The fourth-order valence-electron chi connectivity index (χ4n) is 10.7. The van der Waals surface area contributed by atoms with E-state index in [0.717, 1.165) is 31.1 Å². The summed E-state index contributed by atoms with van der Waals surface area (Å²) in [6.07, 6.45) is 4.79. The van der Waals surface area contributed by atoms with Crippen molar-refractivity contribution in [2.24, 2.45) is 0 Å². The molecule has 0 aliphatic carbocycles. The van der Waals surface area contributed by atoms with E-state index in [4.69, 9.17) is 0 Å². The van der Waals surface area contributed by atoms with Crippen molar-refractivity contribution in [1.82, 2.24) is 0 Å². The first-order valence-corrected chi connectivity index (χ1v) is 30.8. The van der Waals surface area contributed by atoms with Gasteiger partial charge in [0.15, 0.2) is 0 Å². The zero-order valence-corrected chi connectivity index (χ0v) is 47.4. The molecule has 0 amide bonds. The van der Waals surface area contributed by atoms with Gasteiger partial charge in [-0.05, 0) is 0 Å². The molecule has 0 radical (unpaired) electrons. The molecule has 4 nitrogen and oxygen atoms in total. The quantitative estimate of drug-likeness (QED) is 0.0969. The van der Waals surface area contributed by atoms with Gasteiger partial charge >= 0.3 is 428 Å². The van der Waals surface area contributed by atoms with Crippen molar-refractivity contribution in [3.05, 3.63) is 159 Å². The van der Waals surface area contributed by atoms with E-state index in [2.05, 4.69) is 246 Å². The van der Waals surface area contributed by atoms with Gasteiger partial charge in [0, 0.05) is 0 Å². The predicted molar refractivity (Wildman–Crippen MR) is 304 cm³/mol. The van der Waals surface area contributed by atoms with Crippen molar-refractivity contribution in [2.75, 3.05) is 45.8 Å². The molecule has 0 aromatic heterocycles. The Morgan fingerprint density at radius 2 is 0.594 bits per heavy atom. The zero-order valence-electron chi connectivity index (χ0n) is 45.1. The number of halogens is 1. The van der Waals surface area contributed by atoms with E-state index in [9.17, 15) is 9.53 Å². The summed E-state index contributed by atoms with van der Waals surface area (Å²) in [5, 5.41) is 0. The molecule has 2 heterocycles. The van der Waals surface area contributed by atoms with Crippen LogP contribution in [0.4, 0.5) is 22.7 Å². The van der Waals surface area contributed by atoms with E-state index in [1.54, 1.807) is 0 Å². The molecule has 378 valence electrons. The Morgan fingerprint density at radius 3 is 0.812 bits per heavy atom. The molecule has 6 heteroatoms. The van der Waals surface area contributed by atoms with Gasteiger partial charge in [0.1, 0.15) is 0 Å². The van der Waals surface area contributed by atoms with Gasteiger partial charge in [0.25, 0.3) is 0 Å². The normalized spacial score (nSPS) is 15.3. The second kappa shape index (κ2) is 22.0. The van der Waals surface area contributed by atoms with Crippen molar-refractivity contribution >= 4 is 46.8 Å². The first-order valence-electron chi connectivity index (χ1n) is 26.2. The number of para-hydroxylation sites is 4. The monoisotopic (exact) mass is 1040 g/mol. The fraction of sp³-hybridized carbons (Fsp3) is 0.460. The van der Waals surface area contributed by atoms with Crippen LogP contribution in [0.2, 0.25) is 4.89 Å². The van der Waals surface area contributed by atoms with Crippen LogP contribution in [0.3, 0.4) is 0 Å². The average Bonchev–Trinajstić information content (AvgIpc) is 3.97. The zero-order chi connectivity index (χ0) is 50.1. The third kappa shape index (κ3) is 10.4. The van der Waals surface area contributed by atoms with E-state index in [1.165, 1.54) is 81.3 Å². The molecular formula is C63H85ClN4Pd-4. The molecule has 2 aliphatic heterocycles. The van der Waals surface area contributed by atoms with Gasteiger partial charge in [-0.15, -0.1) is 0 Å². The van der Waals surface area contributed by atoms with E-state index < -0.39 is 13.6 Å². The van der Waals surface area contributed by atoms with Gasteiger partial charge in [-0.2, -0.15) is 0 Å². The molecule has 0 spiro atoms. The minimum atomic E-state index is -3.76. The Balaban J connectivity index is 1.82. The van der Waals surface area contributed by atoms with Gasteiger partial charge in [0.2, 0.25) is 0 Å². The number of benzene rings is 5. The van der Waals surface area contributed by atoms with E-state index in [0.29, 0.717) is 47.3 Å². The molecule has 2 saturated heterocycles. The van der Waals surface area contributed by atoms with E-state index in [1.807, 2.05) is 0 Å². The number of nitrogens with zero attached hydrogens (tertiary/aromatic N) is 4. The van der Waals surface area contributed by atoms with Crippen LogP contribution in [-0.4, -0.2) is 34.6 Å². The summed E-state index contributed by atoms with van der Waals surface area (Å²) in [5.74, 6) is 2.55. The molecular weight excluding hydrogens is 955 g/mol. The Hall–Kier alpha value is -4.27. The molecule has 69 heavy (non-hydrogen) atoms. The molecule has 7 rings (SSSR count). The van der Waals surface area contributed by atoms with Crippen LogP contribution < -0.4 is 19.6 Å². The summed E-state index contributed by atoms with van der Waals surface area (Å²) in [5.41, 5.74) is 17.7. The van der Waals surface area contributed by atoms with Crippen LogP contribution in [0.5, 0.6) is 0 Å². The number of hydrogen-bond acceptors (Lipinski definition) is 4. The number of hydrogen-bond donors (Lipinski definition) is 0. The topological polar surface area (TPSA) is 13.0 Å². The van der Waals surface area contributed by atoms with Gasteiger partial charge in [-0.3, -0.25) is 0 Å². The average molecular weight is 1040 g/mol. The van der Waals surface area contributed by atoms with Crippen molar-refractivity contribution in [3.8, 4) is 0 Å². The van der Waals surface area contributed by atoms with E-state index in [-0.39, 0.29) is 0 Å². The van der Waals surface area contributed by atoms with Crippen LogP contribution in [-0.2, 0) is 13.6 Å². The summed E-state index contributed by atoms with van der Waals surface area (Å²) in [6, 6.07) is 39.2. The summed E-state index contributed by atoms with van der Waals surface area (Å²) < 4.78 is 2.61. The molecule has 0 N–H and O–H groups in total. The van der Waals surface area contributed by atoms with Crippen molar-refractivity contribution in [2.45, 2.75) is 163 Å². The van der Waals surface area contributed by atoms with Gasteiger partial charge in [0.05, 0.1) is 0 Å². The van der Waals surface area contributed by atoms with Gasteiger partial charge in [-0.1, -0.05) is 0 Å². The molecule has 5 aromatic carbocycles. The molecule has 0 saturated carbocycles. The maximum absolute atomic E-state index is 9.61. The summed E-state index contributed by atoms with van der Waals surface area (Å²) in [4.78, 5) is 11.8. The molecule has 5 aromatic rings. The SMILES string of the molecule is CC(C)c1cccc(C(C)C)c1N1CCN(c2c(C(C)C)cccc2C(C)C)[C]1=[Pd-4]([Cl])([CH2]C=Cc1ccccc1)=[C]1N(c2c(C(C)C)cccc2C(C)C)CCN1c1c(C(C)C)cccc1C(C)C. The maximum atomic E-state index is 9.61. The molecule has 2 fully saturated rings. The number of rotatable bonds is 15. The first kappa shape index (κ1) is 52.6. The van der Waals surface area contributed by atoms with Crippen molar-refractivity contribution in [1.29, 1.82) is 0 Å². The minimum absolute atomic E-state index is 0.319. The number of anilines is 4. The van der Waals surface area contributed by atoms with Crippen LogP contribution >= 0.6 is 9.53 Å². The van der Waals surface area contributed by atoms with E-state index >= 15 is 0 Å². The van der Waals surface area contributed by atoms with Crippen LogP contribution in [0.15, 0.2) is 109 Å². The molecule has 0 bridgehead atoms. The van der Waals surface area contributed by atoms with Crippen molar-refractivity contribution < 1.29 is 13.6 Å². The number of allylic oxidation sites excluding steroid dienone is 1. The Kier molecular flexibility index (Phi) is 16.8.